The third-order valence-electron chi connectivity index (χ3n) is 2.47. The molecule has 0 aliphatic carbocycles. The molecule has 0 spiro atoms. The number of carbonyl (C=O) groups is 1. The molecule has 0 saturated carbocycles. The van der Waals surface area contributed by atoms with Gasteiger partial charge in [-0.3, -0.25) is 4.72 Å². The Kier molecular flexibility index (Phi) is 4.29. The minimum absolute atomic E-state index is 0.0900. The molecule has 0 aromatic heterocycles. The third kappa shape index (κ3) is 3.48. The Labute approximate surface area is 129 Å². The van der Waals surface area contributed by atoms with Crippen LogP contribution in [0.3, 0.4) is 0 Å². The van der Waals surface area contributed by atoms with Gasteiger partial charge in [0.1, 0.15) is 0 Å². The maximum atomic E-state index is 12.1. The molecule has 2 aromatic rings. The molecule has 0 atom stereocenters. The quantitative estimate of drug-likeness (QED) is 0.785. The van der Waals surface area contributed by atoms with E-state index in [1.54, 1.807) is 12.1 Å². The van der Waals surface area contributed by atoms with E-state index in [1.165, 1.54) is 36.4 Å². The van der Waals surface area contributed by atoms with Crippen molar-refractivity contribution in [2.24, 2.45) is 0 Å². The zero-order valence-corrected chi connectivity index (χ0v) is 13.0. The molecule has 5 nitrogen and oxygen atoms in total. The smallest absolute Gasteiger partial charge is 0.261 e. The van der Waals surface area contributed by atoms with E-state index < -0.39 is 16.0 Å². The van der Waals surface area contributed by atoms with Gasteiger partial charge in [-0.15, -0.1) is 0 Å². The highest BCUT2D eigenvalue weighted by molar-refractivity contribution is 14.1. The maximum absolute atomic E-state index is 12.1. The number of hydrogen-bond acceptors (Lipinski definition) is 4. The molecule has 0 bridgehead atoms. The lowest BCUT2D eigenvalue weighted by Gasteiger charge is -2.10. The van der Waals surface area contributed by atoms with Crippen molar-refractivity contribution in [3.63, 3.8) is 0 Å². The van der Waals surface area contributed by atoms with Gasteiger partial charge < -0.3 is 9.90 Å². The van der Waals surface area contributed by atoms with E-state index in [0.29, 0.717) is 0 Å². The summed E-state index contributed by atoms with van der Waals surface area (Å²) in [7, 11) is -3.74. The molecule has 0 fully saturated rings. The Morgan fingerprint density at radius 1 is 1.10 bits per heavy atom. The summed E-state index contributed by atoms with van der Waals surface area (Å²) >= 11 is 2.07. The highest BCUT2D eigenvalue weighted by atomic mass is 127. The highest BCUT2D eigenvalue weighted by Gasteiger charge is 2.14. The van der Waals surface area contributed by atoms with Crippen molar-refractivity contribution >= 4 is 44.3 Å². The number of carboxylic acids is 1. The van der Waals surface area contributed by atoms with E-state index in [1.807, 2.05) is 0 Å². The second-order valence-electron chi connectivity index (χ2n) is 3.93. The first-order valence-corrected chi connectivity index (χ1v) is 8.04. The fourth-order valence-corrected chi connectivity index (χ4v) is 2.95. The first-order valence-electron chi connectivity index (χ1n) is 5.48. The Bertz CT molecular complexity index is 741. The van der Waals surface area contributed by atoms with E-state index in [9.17, 15) is 18.3 Å². The van der Waals surface area contributed by atoms with Gasteiger partial charge in [-0.25, -0.2) is 8.42 Å². The van der Waals surface area contributed by atoms with Crippen LogP contribution >= 0.6 is 22.6 Å². The van der Waals surface area contributed by atoms with Crippen molar-refractivity contribution in [1.82, 2.24) is 0 Å². The lowest BCUT2D eigenvalue weighted by atomic mass is 10.2. The van der Waals surface area contributed by atoms with Crippen LogP contribution in [0.2, 0.25) is 0 Å². The van der Waals surface area contributed by atoms with Gasteiger partial charge in [-0.2, -0.15) is 0 Å². The molecule has 1 N–H and O–H groups in total. The maximum Gasteiger partial charge on any atom is 0.261 e. The van der Waals surface area contributed by atoms with E-state index in [2.05, 4.69) is 27.3 Å². The van der Waals surface area contributed by atoms with E-state index in [-0.39, 0.29) is 16.1 Å². The molecule has 0 aliphatic heterocycles. The van der Waals surface area contributed by atoms with Crippen LogP contribution in [-0.4, -0.2) is 14.4 Å². The lowest BCUT2D eigenvalue weighted by molar-refractivity contribution is -0.255. The first-order chi connectivity index (χ1) is 9.38. The molecule has 0 radical (unpaired) electrons. The summed E-state index contributed by atoms with van der Waals surface area (Å²) in [5.74, 6) is -1.36. The second kappa shape index (κ2) is 5.80. The molecule has 0 unspecified atom stereocenters. The number of sulfonamides is 1. The van der Waals surface area contributed by atoms with Crippen LogP contribution in [-0.2, 0) is 10.0 Å². The van der Waals surface area contributed by atoms with Gasteiger partial charge >= 0.3 is 0 Å². The van der Waals surface area contributed by atoms with Crippen LogP contribution in [0.4, 0.5) is 5.69 Å². The Hall–Kier alpha value is -1.61. The zero-order chi connectivity index (χ0) is 14.8. The largest absolute Gasteiger partial charge is 0.545 e. The summed E-state index contributed by atoms with van der Waals surface area (Å²) in [5.41, 5.74) is 0.0815. The van der Waals surface area contributed by atoms with Crippen molar-refractivity contribution in [3.05, 3.63) is 57.7 Å². The molecular weight excluding hydrogens is 393 g/mol. The number of halogens is 1. The third-order valence-corrected chi connectivity index (χ3v) is 4.59. The summed E-state index contributed by atoms with van der Waals surface area (Å²) in [5, 5.41) is 10.7. The molecule has 2 rings (SSSR count). The molecule has 0 amide bonds. The lowest BCUT2D eigenvalue weighted by Crippen LogP contribution is -2.22. The minimum Gasteiger partial charge on any atom is -0.545 e. The monoisotopic (exact) mass is 402 g/mol. The van der Waals surface area contributed by atoms with Crippen LogP contribution < -0.4 is 9.83 Å². The van der Waals surface area contributed by atoms with Crippen molar-refractivity contribution in [3.8, 4) is 0 Å². The van der Waals surface area contributed by atoms with Gasteiger partial charge in [0, 0.05) is 9.26 Å². The number of carbonyl (C=O) groups excluding carboxylic acids is 1. The number of aromatic carboxylic acids is 1. The minimum atomic E-state index is -3.74. The molecule has 7 heteroatoms. The van der Waals surface area contributed by atoms with Crippen molar-refractivity contribution < 1.29 is 18.3 Å². The molecule has 0 aliphatic rings. The Balaban J connectivity index is 2.31. The van der Waals surface area contributed by atoms with Gasteiger partial charge in [-0.05, 0) is 64.6 Å². The molecule has 20 heavy (non-hydrogen) atoms. The molecular formula is C13H9INO4S-. The summed E-state index contributed by atoms with van der Waals surface area (Å²) in [6.45, 7) is 0. The Morgan fingerprint density at radius 3 is 2.35 bits per heavy atom. The fraction of sp³-hybridized carbons (Fsp3) is 0. The van der Waals surface area contributed by atoms with Gasteiger partial charge in [-0.1, -0.05) is 12.1 Å². The number of hydrogen-bond donors (Lipinski definition) is 1. The average Bonchev–Trinajstić information content (AvgIpc) is 2.39. The van der Waals surface area contributed by atoms with E-state index in [0.717, 1.165) is 3.57 Å². The van der Waals surface area contributed by atoms with Crippen molar-refractivity contribution in [1.29, 1.82) is 0 Å². The van der Waals surface area contributed by atoms with E-state index in [4.69, 9.17) is 0 Å². The molecule has 2 aromatic carbocycles. The van der Waals surface area contributed by atoms with Crippen LogP contribution in [0.25, 0.3) is 0 Å². The fourth-order valence-electron chi connectivity index (χ4n) is 1.54. The predicted octanol–water partition coefficient (Wildman–Crippen LogP) is 1.46. The van der Waals surface area contributed by atoms with E-state index >= 15 is 0 Å². The van der Waals surface area contributed by atoms with Crippen molar-refractivity contribution in [2.75, 3.05) is 4.72 Å². The van der Waals surface area contributed by atoms with Gasteiger partial charge in [0.15, 0.2) is 0 Å². The van der Waals surface area contributed by atoms with Gasteiger partial charge in [0.2, 0.25) is 0 Å². The van der Waals surface area contributed by atoms with Crippen molar-refractivity contribution in [2.45, 2.75) is 4.90 Å². The van der Waals surface area contributed by atoms with Gasteiger partial charge in [0.25, 0.3) is 10.0 Å². The standard InChI is InChI=1S/C13H10INO4S/c14-10-4-6-12(7-5-10)20(18,19)15-11-3-1-2-9(8-11)13(16)17/h1-8,15H,(H,16,17)/p-1. The average molecular weight is 402 g/mol. The highest BCUT2D eigenvalue weighted by Crippen LogP contribution is 2.18. The zero-order valence-electron chi connectivity index (χ0n) is 10.0. The molecule has 104 valence electrons. The summed E-state index contributed by atoms with van der Waals surface area (Å²) < 4.78 is 27.5. The number of carboxylic acid groups (broad SMARTS) is 1. The second-order valence-corrected chi connectivity index (χ2v) is 6.86. The summed E-state index contributed by atoms with van der Waals surface area (Å²) in [6, 6.07) is 11.8. The van der Waals surface area contributed by atoms with Crippen LogP contribution in [0.5, 0.6) is 0 Å². The molecule has 0 saturated heterocycles. The van der Waals surface area contributed by atoms with Crippen LogP contribution in [0.15, 0.2) is 53.4 Å². The van der Waals surface area contributed by atoms with Crippen LogP contribution in [0, 0.1) is 3.57 Å². The Morgan fingerprint density at radius 2 is 1.75 bits per heavy atom. The van der Waals surface area contributed by atoms with Gasteiger partial charge in [0.05, 0.1) is 10.9 Å². The summed E-state index contributed by atoms with van der Waals surface area (Å²) in [6.07, 6.45) is 0. The summed E-state index contributed by atoms with van der Waals surface area (Å²) in [4.78, 5) is 10.8. The number of anilines is 1. The predicted molar refractivity (Wildman–Crippen MR) is 80.7 cm³/mol. The normalized spacial score (nSPS) is 11.1. The first kappa shape index (κ1) is 14.8. The number of rotatable bonds is 4. The number of nitrogens with one attached hydrogen (secondary N) is 1. The number of benzene rings is 2. The SMILES string of the molecule is O=C([O-])c1cccc(NS(=O)(=O)c2ccc(I)cc2)c1. The topological polar surface area (TPSA) is 86.3 Å². The van der Waals surface area contributed by atoms with Crippen LogP contribution in [0.1, 0.15) is 10.4 Å². The molecule has 0 heterocycles.